The van der Waals surface area contributed by atoms with Crippen LogP contribution in [-0.2, 0) is 0 Å². The standard InChI is InChI=1S/C27H33N3O6S/c1-30-13-17(8-15-9-19(31-2)25(35-6)20(10-15)32-3)24-18(14-30)23(28-27(37)29-24)16-11-21(33-4)26(36-7)22(12-16)34-5/h8-12,23H,13-14H2,1-7H3,(H2,28,29,37)/b17-8-/t23-/m0/s1. The maximum absolute atomic E-state index is 5.64. The number of nitrogens with one attached hydrogen (secondary N) is 2. The Balaban J connectivity index is 1.85. The molecule has 9 nitrogen and oxygen atoms in total. The molecule has 2 aromatic carbocycles. The highest BCUT2D eigenvalue weighted by molar-refractivity contribution is 7.80. The first-order valence-corrected chi connectivity index (χ1v) is 12.1. The van der Waals surface area contributed by atoms with Crippen LogP contribution in [-0.4, -0.2) is 72.8 Å². The third-order valence-electron chi connectivity index (χ3n) is 6.43. The largest absolute Gasteiger partial charge is 0.493 e. The molecule has 0 bridgehead atoms. The smallest absolute Gasteiger partial charge is 0.203 e. The van der Waals surface area contributed by atoms with E-state index in [0.717, 1.165) is 41.1 Å². The molecule has 0 spiro atoms. The predicted octanol–water partition coefficient (Wildman–Crippen LogP) is 3.54. The average molecular weight is 528 g/mol. The van der Waals surface area contributed by atoms with E-state index < -0.39 is 0 Å². The van der Waals surface area contributed by atoms with Crippen LogP contribution in [0.1, 0.15) is 17.2 Å². The summed E-state index contributed by atoms with van der Waals surface area (Å²) in [5.41, 5.74) is 5.10. The van der Waals surface area contributed by atoms with Gasteiger partial charge in [0, 0.05) is 18.8 Å². The zero-order valence-electron chi connectivity index (χ0n) is 22.2. The first-order valence-electron chi connectivity index (χ1n) is 11.7. The fourth-order valence-corrected chi connectivity index (χ4v) is 5.04. The molecule has 0 radical (unpaired) electrons. The van der Waals surface area contributed by atoms with Crippen LogP contribution in [0.5, 0.6) is 34.5 Å². The summed E-state index contributed by atoms with van der Waals surface area (Å²) in [6.45, 7) is 1.47. The maximum atomic E-state index is 5.64. The lowest BCUT2D eigenvalue weighted by Crippen LogP contribution is -2.49. The van der Waals surface area contributed by atoms with Gasteiger partial charge in [0.15, 0.2) is 28.1 Å². The number of hydrogen-bond donors (Lipinski definition) is 2. The summed E-state index contributed by atoms with van der Waals surface area (Å²) in [7, 11) is 11.7. The van der Waals surface area contributed by atoms with E-state index >= 15 is 0 Å². The number of benzene rings is 2. The van der Waals surface area contributed by atoms with E-state index in [1.807, 2.05) is 24.3 Å². The Hall–Kier alpha value is -3.63. The second-order valence-corrected chi connectivity index (χ2v) is 9.10. The van der Waals surface area contributed by atoms with Crippen molar-refractivity contribution in [3.05, 3.63) is 52.2 Å². The quantitative estimate of drug-likeness (QED) is 0.498. The van der Waals surface area contributed by atoms with Crippen LogP contribution >= 0.6 is 12.2 Å². The van der Waals surface area contributed by atoms with Crippen molar-refractivity contribution in [2.24, 2.45) is 0 Å². The van der Waals surface area contributed by atoms with E-state index in [2.05, 4.69) is 28.7 Å². The summed E-state index contributed by atoms with van der Waals surface area (Å²) in [5.74, 6) is 3.46. The van der Waals surface area contributed by atoms with Gasteiger partial charge in [-0.25, -0.2) is 0 Å². The highest BCUT2D eigenvalue weighted by Gasteiger charge is 2.33. The third-order valence-corrected chi connectivity index (χ3v) is 6.65. The highest BCUT2D eigenvalue weighted by atomic mass is 32.1. The molecule has 2 aromatic rings. The first-order chi connectivity index (χ1) is 17.9. The van der Waals surface area contributed by atoms with E-state index in [1.165, 1.54) is 0 Å². The van der Waals surface area contributed by atoms with Gasteiger partial charge in [-0.1, -0.05) is 0 Å². The van der Waals surface area contributed by atoms with Crippen molar-refractivity contribution < 1.29 is 28.4 Å². The summed E-state index contributed by atoms with van der Waals surface area (Å²) in [6.07, 6.45) is 2.11. The van der Waals surface area contributed by atoms with Gasteiger partial charge in [0.1, 0.15) is 0 Å². The Kier molecular flexibility index (Phi) is 7.99. The van der Waals surface area contributed by atoms with Gasteiger partial charge in [-0.2, -0.15) is 0 Å². The molecule has 0 amide bonds. The number of ether oxygens (including phenoxy) is 6. The number of nitrogens with zero attached hydrogens (tertiary/aromatic N) is 1. The van der Waals surface area contributed by atoms with Crippen molar-refractivity contribution in [1.82, 2.24) is 15.5 Å². The third kappa shape index (κ3) is 5.12. The summed E-state index contributed by atoms with van der Waals surface area (Å²) < 4.78 is 33.3. The Bertz CT molecular complexity index is 1210. The van der Waals surface area contributed by atoms with Crippen LogP contribution in [0.2, 0.25) is 0 Å². The molecule has 10 heteroatoms. The molecule has 2 aliphatic rings. The molecular weight excluding hydrogens is 494 g/mol. The van der Waals surface area contributed by atoms with E-state index in [9.17, 15) is 0 Å². The van der Waals surface area contributed by atoms with Gasteiger partial charge in [0.05, 0.1) is 48.7 Å². The minimum absolute atomic E-state index is 0.191. The summed E-state index contributed by atoms with van der Waals surface area (Å²) >= 11 is 5.64. The lowest BCUT2D eigenvalue weighted by atomic mass is 9.89. The molecule has 2 aliphatic heterocycles. The molecule has 4 rings (SSSR count). The van der Waals surface area contributed by atoms with Gasteiger partial charge in [-0.05, 0) is 71.9 Å². The van der Waals surface area contributed by atoms with Crippen molar-refractivity contribution in [2.75, 3.05) is 62.8 Å². The van der Waals surface area contributed by atoms with E-state index in [0.29, 0.717) is 39.6 Å². The Labute approximate surface area is 222 Å². The molecule has 0 saturated carbocycles. The fraction of sp³-hybridized carbons (Fsp3) is 0.370. The molecule has 2 heterocycles. The van der Waals surface area contributed by atoms with Gasteiger partial charge >= 0.3 is 0 Å². The number of thiocarbonyl (C=S) groups is 1. The Morgan fingerprint density at radius 1 is 0.784 bits per heavy atom. The summed E-state index contributed by atoms with van der Waals surface area (Å²) in [4.78, 5) is 2.26. The maximum Gasteiger partial charge on any atom is 0.203 e. The second kappa shape index (κ2) is 11.2. The second-order valence-electron chi connectivity index (χ2n) is 8.69. The van der Waals surface area contributed by atoms with Gasteiger partial charge in [-0.15, -0.1) is 0 Å². The van der Waals surface area contributed by atoms with E-state index in [-0.39, 0.29) is 6.04 Å². The van der Waals surface area contributed by atoms with E-state index in [1.54, 1.807) is 42.7 Å². The molecule has 198 valence electrons. The van der Waals surface area contributed by atoms with Crippen molar-refractivity contribution >= 4 is 23.4 Å². The van der Waals surface area contributed by atoms with Crippen LogP contribution in [0.3, 0.4) is 0 Å². The van der Waals surface area contributed by atoms with Crippen LogP contribution in [0, 0.1) is 0 Å². The topological polar surface area (TPSA) is 82.7 Å². The van der Waals surface area contributed by atoms with Crippen molar-refractivity contribution in [2.45, 2.75) is 6.04 Å². The van der Waals surface area contributed by atoms with E-state index in [4.69, 9.17) is 40.6 Å². The van der Waals surface area contributed by atoms with Crippen molar-refractivity contribution in [3.63, 3.8) is 0 Å². The van der Waals surface area contributed by atoms with Gasteiger partial charge in [-0.3, -0.25) is 4.90 Å². The van der Waals surface area contributed by atoms with Crippen LogP contribution in [0.4, 0.5) is 0 Å². The minimum Gasteiger partial charge on any atom is -0.493 e. The molecule has 1 atom stereocenters. The number of hydrogen-bond acceptors (Lipinski definition) is 8. The SMILES string of the molecule is COc1cc(/C=C2/CN(C)CC3=C2NC(=S)N[C@H]3c2cc(OC)c(OC)c(OC)c2)cc(OC)c1OC. The highest BCUT2D eigenvalue weighted by Crippen LogP contribution is 2.43. The molecule has 0 aliphatic carbocycles. The molecule has 0 saturated heterocycles. The number of methoxy groups -OCH3 is 6. The molecule has 37 heavy (non-hydrogen) atoms. The van der Waals surface area contributed by atoms with Crippen LogP contribution < -0.4 is 39.1 Å². The molecule has 2 N–H and O–H groups in total. The Morgan fingerprint density at radius 3 is 1.78 bits per heavy atom. The lowest BCUT2D eigenvalue weighted by molar-refractivity contribution is 0.323. The monoisotopic (exact) mass is 527 g/mol. The van der Waals surface area contributed by atoms with Crippen molar-refractivity contribution in [1.29, 1.82) is 0 Å². The average Bonchev–Trinajstić information content (AvgIpc) is 2.91. The zero-order chi connectivity index (χ0) is 26.7. The lowest BCUT2D eigenvalue weighted by Gasteiger charge is -2.39. The molecule has 0 fully saturated rings. The fourth-order valence-electron chi connectivity index (χ4n) is 4.82. The molecule has 0 aromatic heterocycles. The van der Waals surface area contributed by atoms with Gasteiger partial charge < -0.3 is 39.1 Å². The normalized spacial score (nSPS) is 18.5. The minimum atomic E-state index is -0.191. The molecular formula is C27H33N3O6S. The predicted molar refractivity (Wildman–Crippen MR) is 146 cm³/mol. The van der Waals surface area contributed by atoms with Crippen LogP contribution in [0.15, 0.2) is 41.1 Å². The van der Waals surface area contributed by atoms with Crippen molar-refractivity contribution in [3.8, 4) is 34.5 Å². The first kappa shape index (κ1) is 26.4. The summed E-state index contributed by atoms with van der Waals surface area (Å²) in [5, 5.41) is 7.37. The Morgan fingerprint density at radius 2 is 1.30 bits per heavy atom. The molecule has 0 unspecified atom stereocenters. The van der Waals surface area contributed by atoms with Gasteiger partial charge in [0.25, 0.3) is 0 Å². The zero-order valence-corrected chi connectivity index (χ0v) is 23.0. The number of rotatable bonds is 8. The van der Waals surface area contributed by atoms with Crippen LogP contribution in [0.25, 0.3) is 6.08 Å². The number of likely N-dealkylation sites (N-methyl/N-ethyl adjacent to an activating group) is 1. The van der Waals surface area contributed by atoms with Gasteiger partial charge in [0.2, 0.25) is 11.5 Å². The summed E-state index contributed by atoms with van der Waals surface area (Å²) in [6, 6.07) is 7.57.